The van der Waals surface area contributed by atoms with Crippen molar-refractivity contribution in [1.82, 2.24) is 20.4 Å². The SMILES string of the molecule is O=C(NC1CCC(c2ncc(-c3cccc(C(F)(F)F)c3)[nH]2)CC1)c1ccon1. The van der Waals surface area contributed by atoms with Crippen LogP contribution in [0.1, 0.15) is 53.5 Å². The molecule has 152 valence electrons. The van der Waals surface area contributed by atoms with Crippen LogP contribution in [0, 0.1) is 0 Å². The maximum atomic E-state index is 12.9. The van der Waals surface area contributed by atoms with E-state index in [1.54, 1.807) is 12.3 Å². The molecule has 0 unspecified atom stereocenters. The van der Waals surface area contributed by atoms with Gasteiger partial charge in [-0.15, -0.1) is 0 Å². The Hall–Kier alpha value is -3.10. The number of hydrogen-bond acceptors (Lipinski definition) is 4. The number of aromatic amines is 1. The first kappa shape index (κ1) is 19.2. The van der Waals surface area contributed by atoms with Crippen LogP contribution in [0.2, 0.25) is 0 Å². The Kier molecular flexibility index (Phi) is 5.12. The fourth-order valence-corrected chi connectivity index (χ4v) is 3.65. The summed E-state index contributed by atoms with van der Waals surface area (Å²) in [4.78, 5) is 19.6. The highest BCUT2D eigenvalue weighted by Gasteiger charge is 2.31. The molecule has 0 radical (unpaired) electrons. The van der Waals surface area contributed by atoms with Crippen molar-refractivity contribution in [3.05, 3.63) is 59.9 Å². The summed E-state index contributed by atoms with van der Waals surface area (Å²) in [5.41, 5.74) is 0.582. The molecule has 29 heavy (non-hydrogen) atoms. The summed E-state index contributed by atoms with van der Waals surface area (Å²) < 4.78 is 43.5. The average molecular weight is 404 g/mol. The Morgan fingerprint density at radius 2 is 1.97 bits per heavy atom. The first-order valence-corrected chi connectivity index (χ1v) is 9.34. The van der Waals surface area contributed by atoms with Gasteiger partial charge < -0.3 is 14.8 Å². The largest absolute Gasteiger partial charge is 0.416 e. The van der Waals surface area contributed by atoms with E-state index in [0.717, 1.165) is 43.6 Å². The van der Waals surface area contributed by atoms with Crippen LogP contribution in [0.4, 0.5) is 13.2 Å². The summed E-state index contributed by atoms with van der Waals surface area (Å²) in [6.07, 6.45) is 1.75. The van der Waals surface area contributed by atoms with Gasteiger partial charge in [0, 0.05) is 23.6 Å². The molecule has 1 fully saturated rings. The van der Waals surface area contributed by atoms with Gasteiger partial charge in [-0.2, -0.15) is 13.2 Å². The molecule has 0 aliphatic heterocycles. The second kappa shape index (κ2) is 7.73. The first-order chi connectivity index (χ1) is 13.9. The van der Waals surface area contributed by atoms with Crippen LogP contribution >= 0.6 is 0 Å². The van der Waals surface area contributed by atoms with Crippen molar-refractivity contribution in [2.75, 3.05) is 0 Å². The number of hydrogen-bond donors (Lipinski definition) is 2. The molecule has 2 heterocycles. The number of benzene rings is 1. The summed E-state index contributed by atoms with van der Waals surface area (Å²) >= 11 is 0. The molecule has 4 rings (SSSR count). The standard InChI is InChI=1S/C20H19F3N4O2/c21-20(22,23)14-3-1-2-13(10-14)17-11-24-18(26-17)12-4-6-15(7-5-12)25-19(28)16-8-9-29-27-16/h1-3,8-12,15H,4-7H2,(H,24,26)(H,25,28). The molecule has 1 aliphatic carbocycles. The van der Waals surface area contributed by atoms with Crippen molar-refractivity contribution >= 4 is 5.91 Å². The molecule has 6 nitrogen and oxygen atoms in total. The quantitative estimate of drug-likeness (QED) is 0.669. The van der Waals surface area contributed by atoms with Crippen molar-refractivity contribution in [3.8, 4) is 11.3 Å². The van der Waals surface area contributed by atoms with Crippen LogP contribution in [0.15, 0.2) is 47.3 Å². The number of amides is 1. The molecule has 2 N–H and O–H groups in total. The molecule has 3 aromatic rings. The number of halogens is 3. The van der Waals surface area contributed by atoms with E-state index in [4.69, 9.17) is 0 Å². The van der Waals surface area contributed by atoms with Gasteiger partial charge in [0.05, 0.1) is 17.5 Å². The molecule has 0 atom stereocenters. The van der Waals surface area contributed by atoms with Crippen molar-refractivity contribution in [1.29, 1.82) is 0 Å². The Bertz CT molecular complexity index is 974. The molecule has 0 bridgehead atoms. The number of alkyl halides is 3. The Morgan fingerprint density at radius 1 is 1.17 bits per heavy atom. The fraction of sp³-hybridized carbons (Fsp3) is 0.350. The molecule has 1 aromatic carbocycles. The second-order valence-corrected chi connectivity index (χ2v) is 7.17. The summed E-state index contributed by atoms with van der Waals surface area (Å²) in [5, 5.41) is 6.57. The van der Waals surface area contributed by atoms with Crippen LogP contribution in [0.25, 0.3) is 11.3 Å². The lowest BCUT2D eigenvalue weighted by Crippen LogP contribution is -2.37. The van der Waals surface area contributed by atoms with E-state index in [2.05, 4.69) is 25.0 Å². The van der Waals surface area contributed by atoms with Crippen molar-refractivity contribution in [2.24, 2.45) is 0 Å². The van der Waals surface area contributed by atoms with E-state index in [9.17, 15) is 18.0 Å². The lowest BCUT2D eigenvalue weighted by atomic mass is 9.85. The molecular formula is C20H19F3N4O2. The highest BCUT2D eigenvalue weighted by molar-refractivity contribution is 5.92. The highest BCUT2D eigenvalue weighted by atomic mass is 19.4. The predicted octanol–water partition coefficient (Wildman–Crippen LogP) is 4.54. The predicted molar refractivity (Wildman–Crippen MR) is 98.0 cm³/mol. The topological polar surface area (TPSA) is 83.8 Å². The summed E-state index contributed by atoms with van der Waals surface area (Å²) in [6.45, 7) is 0. The zero-order valence-corrected chi connectivity index (χ0v) is 15.4. The van der Waals surface area contributed by atoms with E-state index < -0.39 is 11.7 Å². The number of aromatic nitrogens is 3. The van der Waals surface area contributed by atoms with E-state index in [1.165, 1.54) is 18.4 Å². The monoisotopic (exact) mass is 404 g/mol. The zero-order chi connectivity index (χ0) is 20.4. The average Bonchev–Trinajstić information content (AvgIpc) is 3.40. The minimum absolute atomic E-state index is 0.0494. The number of imidazole rings is 1. The maximum Gasteiger partial charge on any atom is 0.416 e. The van der Waals surface area contributed by atoms with Crippen molar-refractivity contribution < 1.29 is 22.5 Å². The molecule has 0 saturated heterocycles. The van der Waals surface area contributed by atoms with E-state index in [-0.39, 0.29) is 23.6 Å². The molecule has 1 saturated carbocycles. The number of carbonyl (C=O) groups excluding carboxylic acids is 1. The Morgan fingerprint density at radius 3 is 2.66 bits per heavy atom. The zero-order valence-electron chi connectivity index (χ0n) is 15.4. The number of rotatable bonds is 4. The van der Waals surface area contributed by atoms with Crippen LogP contribution in [0.3, 0.4) is 0 Å². The van der Waals surface area contributed by atoms with E-state index in [0.29, 0.717) is 11.3 Å². The van der Waals surface area contributed by atoms with Gasteiger partial charge in [0.15, 0.2) is 5.69 Å². The molecule has 0 spiro atoms. The number of carbonyl (C=O) groups is 1. The van der Waals surface area contributed by atoms with E-state index >= 15 is 0 Å². The minimum atomic E-state index is -4.38. The van der Waals surface area contributed by atoms with Gasteiger partial charge in [0.2, 0.25) is 0 Å². The second-order valence-electron chi connectivity index (χ2n) is 7.17. The highest BCUT2D eigenvalue weighted by Crippen LogP contribution is 2.34. The third kappa shape index (κ3) is 4.33. The Balaban J connectivity index is 1.38. The van der Waals surface area contributed by atoms with Crippen LogP contribution in [-0.4, -0.2) is 27.1 Å². The molecule has 9 heteroatoms. The molecular weight excluding hydrogens is 385 g/mol. The maximum absolute atomic E-state index is 12.9. The summed E-state index contributed by atoms with van der Waals surface area (Å²) in [6, 6.07) is 6.75. The molecule has 2 aromatic heterocycles. The fourth-order valence-electron chi connectivity index (χ4n) is 3.65. The number of nitrogens with one attached hydrogen (secondary N) is 2. The summed E-state index contributed by atoms with van der Waals surface area (Å²) in [7, 11) is 0. The first-order valence-electron chi connectivity index (χ1n) is 9.34. The van der Waals surface area contributed by atoms with Gasteiger partial charge in [-0.1, -0.05) is 17.3 Å². The van der Waals surface area contributed by atoms with E-state index in [1.807, 2.05) is 0 Å². The number of H-pyrrole nitrogens is 1. The van der Waals surface area contributed by atoms with Gasteiger partial charge in [0.1, 0.15) is 12.1 Å². The van der Waals surface area contributed by atoms with Crippen LogP contribution in [-0.2, 0) is 6.18 Å². The van der Waals surface area contributed by atoms with Gasteiger partial charge in [-0.25, -0.2) is 4.98 Å². The van der Waals surface area contributed by atoms with Gasteiger partial charge in [-0.3, -0.25) is 4.79 Å². The third-order valence-corrected chi connectivity index (χ3v) is 5.22. The third-order valence-electron chi connectivity index (χ3n) is 5.22. The van der Waals surface area contributed by atoms with Gasteiger partial charge in [-0.05, 0) is 37.8 Å². The van der Waals surface area contributed by atoms with Crippen molar-refractivity contribution in [3.63, 3.8) is 0 Å². The lowest BCUT2D eigenvalue weighted by Gasteiger charge is -2.27. The summed E-state index contributed by atoms with van der Waals surface area (Å²) in [5.74, 6) is 0.681. The normalized spacial score (nSPS) is 19.8. The smallest absolute Gasteiger partial charge is 0.364 e. The van der Waals surface area contributed by atoms with Crippen LogP contribution in [0.5, 0.6) is 0 Å². The van der Waals surface area contributed by atoms with Crippen molar-refractivity contribution in [2.45, 2.75) is 43.8 Å². The van der Waals surface area contributed by atoms with Crippen LogP contribution < -0.4 is 5.32 Å². The Labute approximate surface area is 164 Å². The number of nitrogens with zero attached hydrogens (tertiary/aromatic N) is 2. The molecule has 1 amide bonds. The molecule has 1 aliphatic rings. The van der Waals surface area contributed by atoms with Gasteiger partial charge >= 0.3 is 6.18 Å². The lowest BCUT2D eigenvalue weighted by molar-refractivity contribution is -0.137. The van der Waals surface area contributed by atoms with Gasteiger partial charge in [0.25, 0.3) is 5.91 Å². The minimum Gasteiger partial charge on any atom is -0.364 e.